The van der Waals surface area contributed by atoms with Gasteiger partial charge in [0, 0.05) is 28.8 Å². The largest absolute Gasteiger partial charge is 0.324 e. The molecule has 0 saturated heterocycles. The van der Waals surface area contributed by atoms with Gasteiger partial charge in [-0.3, -0.25) is 24.3 Å². The standard InChI is InChI=1S/C23H20N4O4S/c1-13-6-4-9-19(14(13)2)25-21(28)15(3)26-12-24-22-20(23(26)29)18(11-32-22)16-7-5-8-17(10-16)27(30)31/h4-12,15H,1-3H3,(H,25,28). The van der Waals surface area contributed by atoms with Crippen molar-refractivity contribution in [2.75, 3.05) is 5.32 Å². The first-order chi connectivity index (χ1) is 15.3. The molecule has 0 bridgehead atoms. The van der Waals surface area contributed by atoms with Gasteiger partial charge >= 0.3 is 0 Å². The fraction of sp³-hybridized carbons (Fsp3) is 0.174. The summed E-state index contributed by atoms with van der Waals surface area (Å²) in [5, 5.41) is 16.1. The minimum atomic E-state index is -0.808. The van der Waals surface area contributed by atoms with Gasteiger partial charge in [-0.25, -0.2) is 4.98 Å². The number of aromatic nitrogens is 2. The van der Waals surface area contributed by atoms with Crippen molar-refractivity contribution in [1.29, 1.82) is 0 Å². The number of nitrogens with one attached hydrogen (secondary N) is 1. The van der Waals surface area contributed by atoms with Crippen LogP contribution in [0.15, 0.2) is 59.0 Å². The van der Waals surface area contributed by atoms with Gasteiger partial charge in [-0.1, -0.05) is 24.3 Å². The highest BCUT2D eigenvalue weighted by Gasteiger charge is 2.21. The molecule has 2 aromatic heterocycles. The molecule has 8 nitrogen and oxygen atoms in total. The highest BCUT2D eigenvalue weighted by atomic mass is 32.1. The number of aryl methyl sites for hydroxylation is 1. The summed E-state index contributed by atoms with van der Waals surface area (Å²) in [6.07, 6.45) is 1.37. The van der Waals surface area contributed by atoms with Crippen LogP contribution in [0.4, 0.5) is 11.4 Å². The third-order valence-corrected chi connectivity index (χ3v) is 6.43. The van der Waals surface area contributed by atoms with E-state index in [1.165, 1.54) is 34.4 Å². The van der Waals surface area contributed by atoms with Crippen LogP contribution in [0, 0.1) is 24.0 Å². The molecule has 1 unspecified atom stereocenters. The number of hydrogen-bond donors (Lipinski definition) is 1. The zero-order chi connectivity index (χ0) is 23.0. The zero-order valence-corrected chi connectivity index (χ0v) is 18.5. The molecule has 0 radical (unpaired) electrons. The molecule has 9 heteroatoms. The smallest absolute Gasteiger partial charge is 0.270 e. The normalized spacial score (nSPS) is 12.0. The van der Waals surface area contributed by atoms with Gasteiger partial charge in [0.25, 0.3) is 11.2 Å². The van der Waals surface area contributed by atoms with E-state index in [0.29, 0.717) is 27.0 Å². The Morgan fingerprint density at radius 1 is 1.22 bits per heavy atom. The zero-order valence-electron chi connectivity index (χ0n) is 17.7. The molecule has 0 aliphatic heterocycles. The number of rotatable bonds is 5. The number of non-ortho nitro benzene ring substituents is 1. The number of carbonyl (C=O) groups excluding carboxylic acids is 1. The molecule has 0 aliphatic rings. The number of carbonyl (C=O) groups is 1. The number of thiophene rings is 1. The van der Waals surface area contributed by atoms with E-state index in [1.807, 2.05) is 32.0 Å². The molecular formula is C23H20N4O4S. The molecule has 2 heterocycles. The van der Waals surface area contributed by atoms with E-state index in [1.54, 1.807) is 24.4 Å². The summed E-state index contributed by atoms with van der Waals surface area (Å²) < 4.78 is 1.29. The SMILES string of the molecule is Cc1cccc(NC(=O)C(C)n2cnc3scc(-c4cccc([N+](=O)[O-])c4)c3c2=O)c1C. The number of hydrogen-bond acceptors (Lipinski definition) is 6. The molecule has 1 amide bonds. The summed E-state index contributed by atoms with van der Waals surface area (Å²) in [5.74, 6) is -0.339. The molecule has 0 saturated carbocycles. The van der Waals surface area contributed by atoms with Crippen LogP contribution in [0.3, 0.4) is 0 Å². The molecule has 0 aliphatic carbocycles. The first-order valence-electron chi connectivity index (χ1n) is 9.88. The molecule has 1 N–H and O–H groups in total. The molecule has 1 atom stereocenters. The lowest BCUT2D eigenvalue weighted by Gasteiger charge is -2.16. The summed E-state index contributed by atoms with van der Waals surface area (Å²) in [4.78, 5) is 41.8. The number of nitro benzene ring substituents is 1. The number of nitrogens with zero attached hydrogens (tertiary/aromatic N) is 3. The number of benzene rings is 2. The van der Waals surface area contributed by atoms with Crippen molar-refractivity contribution < 1.29 is 9.72 Å². The van der Waals surface area contributed by atoms with E-state index >= 15 is 0 Å². The van der Waals surface area contributed by atoms with E-state index < -0.39 is 11.0 Å². The number of fused-ring (bicyclic) bond motifs is 1. The molecule has 2 aromatic carbocycles. The van der Waals surface area contributed by atoms with Gasteiger partial charge < -0.3 is 5.32 Å². The average molecular weight is 449 g/mol. The molecule has 162 valence electrons. The number of nitro groups is 1. The summed E-state index contributed by atoms with van der Waals surface area (Å²) in [6, 6.07) is 10.9. The summed E-state index contributed by atoms with van der Waals surface area (Å²) in [6.45, 7) is 5.52. The second-order valence-corrected chi connectivity index (χ2v) is 8.36. The third-order valence-electron chi connectivity index (χ3n) is 5.55. The van der Waals surface area contributed by atoms with Crippen LogP contribution in [-0.2, 0) is 4.79 Å². The lowest BCUT2D eigenvalue weighted by molar-refractivity contribution is -0.384. The van der Waals surface area contributed by atoms with Crippen LogP contribution in [0.25, 0.3) is 21.3 Å². The van der Waals surface area contributed by atoms with Crippen molar-refractivity contribution in [1.82, 2.24) is 9.55 Å². The van der Waals surface area contributed by atoms with Gasteiger partial charge in [0.2, 0.25) is 5.91 Å². The van der Waals surface area contributed by atoms with Crippen LogP contribution in [-0.4, -0.2) is 20.4 Å². The molecule has 32 heavy (non-hydrogen) atoms. The van der Waals surface area contributed by atoms with Gasteiger partial charge in [-0.2, -0.15) is 0 Å². The highest BCUT2D eigenvalue weighted by Crippen LogP contribution is 2.32. The topological polar surface area (TPSA) is 107 Å². The van der Waals surface area contributed by atoms with Gasteiger partial charge in [-0.15, -0.1) is 11.3 Å². The van der Waals surface area contributed by atoms with E-state index in [4.69, 9.17) is 0 Å². The Balaban J connectivity index is 1.73. The Morgan fingerprint density at radius 2 is 1.97 bits per heavy atom. The average Bonchev–Trinajstić information content (AvgIpc) is 3.22. The predicted octanol–water partition coefficient (Wildman–Crippen LogP) is 4.85. The fourth-order valence-electron chi connectivity index (χ4n) is 3.47. The first kappa shape index (κ1) is 21.4. The fourth-order valence-corrected chi connectivity index (χ4v) is 4.38. The van der Waals surface area contributed by atoms with E-state index in [2.05, 4.69) is 10.3 Å². The van der Waals surface area contributed by atoms with Crippen LogP contribution in [0.1, 0.15) is 24.1 Å². The maximum Gasteiger partial charge on any atom is 0.270 e. The molecule has 4 rings (SSSR count). The second-order valence-electron chi connectivity index (χ2n) is 7.51. The molecule has 4 aromatic rings. The monoisotopic (exact) mass is 448 g/mol. The third kappa shape index (κ3) is 3.78. The lowest BCUT2D eigenvalue weighted by Crippen LogP contribution is -2.32. The Labute approximate surface area is 187 Å². The maximum atomic E-state index is 13.3. The predicted molar refractivity (Wildman–Crippen MR) is 125 cm³/mol. The summed E-state index contributed by atoms with van der Waals surface area (Å²) in [7, 11) is 0. The summed E-state index contributed by atoms with van der Waals surface area (Å²) in [5.41, 5.74) is 3.37. The van der Waals surface area contributed by atoms with Crippen molar-refractivity contribution >= 4 is 38.8 Å². The van der Waals surface area contributed by atoms with Gasteiger partial charge in [-0.05, 0) is 43.5 Å². The van der Waals surface area contributed by atoms with Gasteiger partial charge in [0.15, 0.2) is 0 Å². The summed E-state index contributed by atoms with van der Waals surface area (Å²) >= 11 is 1.28. The van der Waals surface area contributed by atoms with Crippen LogP contribution in [0.2, 0.25) is 0 Å². The molecular weight excluding hydrogens is 428 g/mol. The van der Waals surface area contributed by atoms with E-state index in [9.17, 15) is 19.7 Å². The Hall–Kier alpha value is -3.85. The van der Waals surface area contributed by atoms with Crippen LogP contribution in [0.5, 0.6) is 0 Å². The second kappa shape index (κ2) is 8.35. The van der Waals surface area contributed by atoms with Crippen molar-refractivity contribution in [3.63, 3.8) is 0 Å². The molecule has 0 spiro atoms. The van der Waals surface area contributed by atoms with Crippen LogP contribution >= 0.6 is 11.3 Å². The van der Waals surface area contributed by atoms with Gasteiger partial charge in [0.05, 0.1) is 16.6 Å². The quantitative estimate of drug-likeness (QED) is 0.347. The number of anilines is 1. The maximum absolute atomic E-state index is 13.3. The van der Waals surface area contributed by atoms with Crippen molar-refractivity contribution in [3.05, 3.63) is 85.8 Å². The molecule has 0 fully saturated rings. The minimum absolute atomic E-state index is 0.0627. The Kier molecular flexibility index (Phi) is 5.58. The lowest BCUT2D eigenvalue weighted by atomic mass is 10.1. The highest BCUT2D eigenvalue weighted by molar-refractivity contribution is 7.17. The first-order valence-corrected chi connectivity index (χ1v) is 10.8. The van der Waals surface area contributed by atoms with Crippen LogP contribution < -0.4 is 10.9 Å². The Bertz CT molecular complexity index is 1420. The Morgan fingerprint density at radius 3 is 2.72 bits per heavy atom. The van der Waals surface area contributed by atoms with Gasteiger partial charge in [0.1, 0.15) is 10.9 Å². The van der Waals surface area contributed by atoms with Crippen molar-refractivity contribution in [2.24, 2.45) is 0 Å². The van der Waals surface area contributed by atoms with Crippen molar-refractivity contribution in [2.45, 2.75) is 26.8 Å². The minimum Gasteiger partial charge on any atom is -0.324 e. The van der Waals surface area contributed by atoms with Crippen molar-refractivity contribution in [3.8, 4) is 11.1 Å². The van der Waals surface area contributed by atoms with E-state index in [-0.39, 0.29) is 17.2 Å². The van der Waals surface area contributed by atoms with E-state index in [0.717, 1.165) is 11.1 Å². The number of amides is 1.